The van der Waals surface area contributed by atoms with Gasteiger partial charge in [0.15, 0.2) is 6.61 Å². The van der Waals surface area contributed by atoms with E-state index in [1.807, 2.05) is 0 Å². The number of hydrogen-bond acceptors (Lipinski definition) is 6. The number of rotatable bonds is 7. The highest BCUT2D eigenvalue weighted by atomic mass is 32.2. The first-order chi connectivity index (χ1) is 10.9. The van der Waals surface area contributed by atoms with E-state index in [-0.39, 0.29) is 22.3 Å². The number of hydrogen-bond donors (Lipinski definition) is 2. The van der Waals surface area contributed by atoms with Gasteiger partial charge in [0, 0.05) is 13.1 Å². The lowest BCUT2D eigenvalue weighted by molar-refractivity contribution is -0.123. The molecule has 1 saturated carbocycles. The monoisotopic (exact) mass is 342 g/mol. The van der Waals surface area contributed by atoms with Gasteiger partial charge in [0.1, 0.15) is 10.6 Å². The Morgan fingerprint density at radius 3 is 2.57 bits per heavy atom. The number of carbonyl (C=O) groups excluding carboxylic acids is 2. The first-order valence-electron chi connectivity index (χ1n) is 6.95. The van der Waals surface area contributed by atoms with Gasteiger partial charge in [-0.1, -0.05) is 0 Å². The number of methoxy groups -OCH3 is 1. The maximum Gasteiger partial charge on any atom is 0.338 e. The van der Waals surface area contributed by atoms with Gasteiger partial charge in [0.2, 0.25) is 10.0 Å². The standard InChI is InChI=1S/C14H18N2O6S/c1-15-13(17)8-22-14(18)9-3-6-11(21-2)12(7-9)23(19,20)16-10-4-5-10/h3,6-7,10,16H,4-5,8H2,1-2H3,(H,15,17). The second-order valence-corrected chi connectivity index (χ2v) is 6.69. The molecule has 8 nitrogen and oxygen atoms in total. The lowest BCUT2D eigenvalue weighted by Gasteiger charge is -2.12. The van der Waals surface area contributed by atoms with Crippen LogP contribution >= 0.6 is 0 Å². The Morgan fingerprint density at radius 2 is 2.00 bits per heavy atom. The van der Waals surface area contributed by atoms with E-state index in [1.54, 1.807) is 0 Å². The number of likely N-dealkylation sites (N-methyl/N-ethyl adjacent to an activating group) is 1. The first-order valence-corrected chi connectivity index (χ1v) is 8.43. The van der Waals surface area contributed by atoms with Crippen LogP contribution in [-0.4, -0.2) is 47.1 Å². The number of amides is 1. The molecule has 0 bridgehead atoms. The Bertz CT molecular complexity index is 712. The molecule has 126 valence electrons. The molecule has 0 spiro atoms. The van der Waals surface area contributed by atoms with Gasteiger partial charge in [-0.2, -0.15) is 0 Å². The van der Waals surface area contributed by atoms with Crippen LogP contribution in [0.1, 0.15) is 23.2 Å². The summed E-state index contributed by atoms with van der Waals surface area (Å²) in [6.45, 7) is -0.441. The SMILES string of the molecule is CNC(=O)COC(=O)c1ccc(OC)c(S(=O)(=O)NC2CC2)c1. The number of ether oxygens (including phenoxy) is 2. The molecule has 0 atom stereocenters. The fourth-order valence-corrected chi connectivity index (χ4v) is 3.28. The molecule has 0 radical (unpaired) electrons. The largest absolute Gasteiger partial charge is 0.495 e. The molecule has 0 aliphatic heterocycles. The molecule has 0 heterocycles. The van der Waals surface area contributed by atoms with E-state index in [2.05, 4.69) is 10.0 Å². The van der Waals surface area contributed by atoms with Crippen LogP contribution in [0.4, 0.5) is 0 Å². The molecule has 1 fully saturated rings. The summed E-state index contributed by atoms with van der Waals surface area (Å²) in [7, 11) is -1.04. The molecule has 0 aromatic heterocycles. The van der Waals surface area contributed by atoms with Crippen LogP contribution in [0.5, 0.6) is 5.75 Å². The summed E-state index contributed by atoms with van der Waals surface area (Å²) in [5.41, 5.74) is 0.0193. The molecular weight excluding hydrogens is 324 g/mol. The van der Waals surface area contributed by atoms with Crippen molar-refractivity contribution >= 4 is 21.9 Å². The van der Waals surface area contributed by atoms with Crippen LogP contribution < -0.4 is 14.8 Å². The molecule has 2 rings (SSSR count). The van der Waals surface area contributed by atoms with Gasteiger partial charge < -0.3 is 14.8 Å². The fraction of sp³-hybridized carbons (Fsp3) is 0.429. The van der Waals surface area contributed by atoms with Gasteiger partial charge >= 0.3 is 5.97 Å². The zero-order valence-corrected chi connectivity index (χ0v) is 13.6. The molecule has 1 aliphatic rings. The molecular formula is C14H18N2O6S. The highest BCUT2D eigenvalue weighted by molar-refractivity contribution is 7.89. The molecule has 1 amide bonds. The minimum Gasteiger partial charge on any atom is -0.495 e. The molecule has 0 saturated heterocycles. The average Bonchev–Trinajstić information content (AvgIpc) is 3.34. The van der Waals surface area contributed by atoms with Crippen LogP contribution in [0.25, 0.3) is 0 Å². The molecule has 9 heteroatoms. The fourth-order valence-electron chi connectivity index (χ4n) is 1.78. The lowest BCUT2D eigenvalue weighted by Crippen LogP contribution is -2.27. The number of sulfonamides is 1. The molecule has 2 N–H and O–H groups in total. The highest BCUT2D eigenvalue weighted by Gasteiger charge is 2.30. The van der Waals surface area contributed by atoms with E-state index >= 15 is 0 Å². The van der Waals surface area contributed by atoms with Crippen molar-refractivity contribution in [3.05, 3.63) is 23.8 Å². The second-order valence-electron chi connectivity index (χ2n) is 5.01. The Morgan fingerprint density at radius 1 is 1.30 bits per heavy atom. The van der Waals surface area contributed by atoms with Gasteiger partial charge in [-0.05, 0) is 31.0 Å². The summed E-state index contributed by atoms with van der Waals surface area (Å²) in [5, 5.41) is 2.31. The van der Waals surface area contributed by atoms with Crippen LogP contribution in [0.15, 0.2) is 23.1 Å². The topological polar surface area (TPSA) is 111 Å². The zero-order chi connectivity index (χ0) is 17.0. The Hall–Kier alpha value is -2.13. The third kappa shape index (κ3) is 4.42. The minimum atomic E-state index is -3.79. The second kappa shape index (κ2) is 6.97. The van der Waals surface area contributed by atoms with Crippen molar-refractivity contribution < 1.29 is 27.5 Å². The lowest BCUT2D eigenvalue weighted by atomic mass is 10.2. The van der Waals surface area contributed by atoms with Crippen LogP contribution in [0.2, 0.25) is 0 Å². The van der Waals surface area contributed by atoms with Crippen LogP contribution in [0.3, 0.4) is 0 Å². The Kier molecular flexibility index (Phi) is 5.22. The number of esters is 1. The van der Waals surface area contributed by atoms with E-state index in [9.17, 15) is 18.0 Å². The quantitative estimate of drug-likeness (QED) is 0.677. The van der Waals surface area contributed by atoms with Crippen molar-refractivity contribution in [1.29, 1.82) is 0 Å². The van der Waals surface area contributed by atoms with Crippen molar-refractivity contribution in [2.24, 2.45) is 0 Å². The molecule has 1 aromatic carbocycles. The van der Waals surface area contributed by atoms with E-state index < -0.39 is 28.5 Å². The van der Waals surface area contributed by atoms with E-state index in [4.69, 9.17) is 9.47 Å². The van der Waals surface area contributed by atoms with Gasteiger partial charge in [0.25, 0.3) is 5.91 Å². The number of benzene rings is 1. The summed E-state index contributed by atoms with van der Waals surface area (Å²) in [6, 6.07) is 3.85. The first kappa shape index (κ1) is 17.2. The third-order valence-electron chi connectivity index (χ3n) is 3.20. The summed E-state index contributed by atoms with van der Waals surface area (Å²) < 4.78 is 37.1. The zero-order valence-electron chi connectivity index (χ0n) is 12.8. The van der Waals surface area contributed by atoms with E-state index in [0.29, 0.717) is 0 Å². The molecule has 1 aliphatic carbocycles. The molecule has 23 heavy (non-hydrogen) atoms. The summed E-state index contributed by atoms with van der Waals surface area (Å²) in [5.74, 6) is -1.13. The van der Waals surface area contributed by atoms with Crippen molar-refractivity contribution in [3.63, 3.8) is 0 Å². The van der Waals surface area contributed by atoms with E-state index in [0.717, 1.165) is 12.8 Å². The van der Waals surface area contributed by atoms with E-state index in [1.165, 1.54) is 32.4 Å². The predicted octanol–water partition coefficient (Wildman–Crippen LogP) is 0.0387. The molecule has 0 unspecified atom stereocenters. The minimum absolute atomic E-state index is 0.0193. The average molecular weight is 342 g/mol. The Balaban J connectivity index is 2.24. The highest BCUT2D eigenvalue weighted by Crippen LogP contribution is 2.28. The van der Waals surface area contributed by atoms with Crippen molar-refractivity contribution in [2.45, 2.75) is 23.8 Å². The van der Waals surface area contributed by atoms with Crippen LogP contribution in [-0.2, 0) is 19.6 Å². The maximum atomic E-state index is 12.3. The van der Waals surface area contributed by atoms with Crippen molar-refractivity contribution in [1.82, 2.24) is 10.0 Å². The summed E-state index contributed by atoms with van der Waals surface area (Å²) >= 11 is 0. The third-order valence-corrected chi connectivity index (χ3v) is 4.74. The maximum absolute atomic E-state index is 12.3. The van der Waals surface area contributed by atoms with Gasteiger partial charge in [0.05, 0.1) is 12.7 Å². The normalized spacial score (nSPS) is 14.2. The van der Waals surface area contributed by atoms with Crippen molar-refractivity contribution in [3.8, 4) is 5.75 Å². The van der Waals surface area contributed by atoms with Gasteiger partial charge in [-0.3, -0.25) is 4.79 Å². The predicted molar refractivity (Wildman–Crippen MR) is 80.7 cm³/mol. The number of nitrogens with one attached hydrogen (secondary N) is 2. The Labute approximate surface area is 134 Å². The van der Waals surface area contributed by atoms with Gasteiger partial charge in [-0.15, -0.1) is 0 Å². The number of carbonyl (C=O) groups is 2. The van der Waals surface area contributed by atoms with Crippen molar-refractivity contribution in [2.75, 3.05) is 20.8 Å². The summed E-state index contributed by atoms with van der Waals surface area (Å²) in [4.78, 5) is 22.9. The van der Waals surface area contributed by atoms with Crippen LogP contribution in [0, 0.1) is 0 Å². The smallest absolute Gasteiger partial charge is 0.338 e. The molecule has 1 aromatic rings. The van der Waals surface area contributed by atoms with Gasteiger partial charge in [-0.25, -0.2) is 17.9 Å². The summed E-state index contributed by atoms with van der Waals surface area (Å²) in [6.07, 6.45) is 1.57.